The maximum absolute atomic E-state index is 10.1. The van der Waals surface area contributed by atoms with Crippen LogP contribution >= 0.6 is 0 Å². The van der Waals surface area contributed by atoms with Gasteiger partial charge < -0.3 is 0 Å². The molecular weight excluding hydrogens is 140 g/mol. The predicted octanol–water partition coefficient (Wildman–Crippen LogP) is 0.318. The van der Waals surface area contributed by atoms with Crippen LogP contribution in [-0.4, -0.2) is 21.9 Å². The average molecular weight is 148 g/mol. The van der Waals surface area contributed by atoms with Crippen molar-refractivity contribution in [3.63, 3.8) is 0 Å². The first kappa shape index (κ1) is 8.80. The molecule has 0 heterocycles. The van der Waals surface area contributed by atoms with E-state index in [2.05, 4.69) is 0 Å². The molecule has 0 fully saturated rings. The van der Waals surface area contributed by atoms with Gasteiger partial charge in [-0.05, 0) is 0 Å². The molecule has 0 spiro atoms. The standard InChI is InChI=1S/C4H8N2O4/c1-4(2,6(9)10)3-5(7)8/h3H2,1-2H3. The minimum Gasteiger partial charge on any atom is -0.264 e. The van der Waals surface area contributed by atoms with E-state index in [-0.39, 0.29) is 0 Å². The van der Waals surface area contributed by atoms with E-state index in [1.807, 2.05) is 0 Å². The summed E-state index contributed by atoms with van der Waals surface area (Å²) in [7, 11) is 0. The van der Waals surface area contributed by atoms with E-state index in [0.29, 0.717) is 0 Å². The molecule has 0 unspecified atom stereocenters. The van der Waals surface area contributed by atoms with E-state index >= 15 is 0 Å². The summed E-state index contributed by atoms with van der Waals surface area (Å²) in [6.45, 7) is 1.80. The van der Waals surface area contributed by atoms with E-state index in [1.54, 1.807) is 0 Å². The Balaban J connectivity index is 4.13. The highest BCUT2D eigenvalue weighted by molar-refractivity contribution is 4.63. The van der Waals surface area contributed by atoms with Gasteiger partial charge in [-0.2, -0.15) is 0 Å². The first-order chi connectivity index (χ1) is 4.36. The molecule has 0 aliphatic rings. The number of nitro groups is 2. The molecular formula is C4H8N2O4. The molecule has 0 aliphatic carbocycles. The fourth-order valence-corrected chi connectivity index (χ4v) is 0.374. The van der Waals surface area contributed by atoms with E-state index in [9.17, 15) is 20.2 Å². The van der Waals surface area contributed by atoms with Gasteiger partial charge in [-0.1, -0.05) is 0 Å². The van der Waals surface area contributed by atoms with E-state index in [4.69, 9.17) is 0 Å². The van der Waals surface area contributed by atoms with Crippen molar-refractivity contribution in [3.8, 4) is 0 Å². The van der Waals surface area contributed by atoms with Crippen molar-refractivity contribution in [3.05, 3.63) is 20.2 Å². The van der Waals surface area contributed by atoms with Gasteiger partial charge in [-0.25, -0.2) is 0 Å². The predicted molar refractivity (Wildman–Crippen MR) is 32.9 cm³/mol. The van der Waals surface area contributed by atoms with Crippen molar-refractivity contribution in [1.29, 1.82) is 0 Å². The third-order valence-corrected chi connectivity index (χ3v) is 1.01. The fourth-order valence-electron chi connectivity index (χ4n) is 0.374. The smallest absolute Gasteiger partial charge is 0.264 e. The zero-order valence-corrected chi connectivity index (χ0v) is 5.73. The van der Waals surface area contributed by atoms with Gasteiger partial charge in [0.2, 0.25) is 0 Å². The Labute approximate surface area is 57.1 Å². The highest BCUT2D eigenvalue weighted by atomic mass is 16.6. The van der Waals surface area contributed by atoms with Crippen LogP contribution in [0.25, 0.3) is 0 Å². The molecule has 0 amide bonds. The second-order valence-electron chi connectivity index (χ2n) is 2.56. The monoisotopic (exact) mass is 148 g/mol. The molecule has 0 saturated carbocycles. The Kier molecular flexibility index (Phi) is 2.28. The average Bonchev–Trinajstić information content (AvgIpc) is 1.60. The van der Waals surface area contributed by atoms with Crippen LogP contribution < -0.4 is 0 Å². The summed E-state index contributed by atoms with van der Waals surface area (Å²) in [4.78, 5) is 18.5. The number of hydrogen-bond donors (Lipinski definition) is 0. The van der Waals surface area contributed by atoms with Crippen LogP contribution in [0.4, 0.5) is 0 Å². The second kappa shape index (κ2) is 2.59. The maximum Gasteiger partial charge on any atom is 0.279 e. The Morgan fingerprint density at radius 3 is 1.80 bits per heavy atom. The van der Waals surface area contributed by atoms with Crippen molar-refractivity contribution < 1.29 is 9.85 Å². The van der Waals surface area contributed by atoms with Gasteiger partial charge in [0, 0.05) is 23.7 Å². The van der Waals surface area contributed by atoms with Crippen molar-refractivity contribution in [2.75, 3.05) is 6.54 Å². The lowest BCUT2D eigenvalue weighted by atomic mass is 10.1. The van der Waals surface area contributed by atoms with Gasteiger partial charge >= 0.3 is 0 Å². The van der Waals surface area contributed by atoms with Crippen molar-refractivity contribution in [2.24, 2.45) is 0 Å². The summed E-state index contributed by atoms with van der Waals surface area (Å²) in [5.74, 6) is 0. The van der Waals surface area contributed by atoms with Crippen LogP contribution in [-0.2, 0) is 0 Å². The summed E-state index contributed by atoms with van der Waals surface area (Å²) >= 11 is 0. The molecule has 0 saturated heterocycles. The number of rotatable bonds is 3. The SMILES string of the molecule is CC(C)(C[N+](=O)[O-])[N+](=O)[O-]. The van der Waals surface area contributed by atoms with Crippen molar-refractivity contribution in [1.82, 2.24) is 0 Å². The first-order valence-corrected chi connectivity index (χ1v) is 2.62. The molecule has 0 N–H and O–H groups in total. The highest BCUT2D eigenvalue weighted by Crippen LogP contribution is 2.06. The normalized spacial score (nSPS) is 11.0. The number of hydrogen-bond acceptors (Lipinski definition) is 4. The number of nitrogens with zero attached hydrogens (tertiary/aromatic N) is 2. The van der Waals surface area contributed by atoms with Crippen LogP contribution in [0.1, 0.15) is 13.8 Å². The third kappa shape index (κ3) is 2.38. The minimum atomic E-state index is -1.45. The van der Waals surface area contributed by atoms with Gasteiger partial charge in [0.1, 0.15) is 0 Å². The molecule has 0 bridgehead atoms. The van der Waals surface area contributed by atoms with Gasteiger partial charge in [0.25, 0.3) is 12.1 Å². The molecule has 0 radical (unpaired) electrons. The molecule has 0 aromatic rings. The largest absolute Gasteiger partial charge is 0.279 e. The van der Waals surface area contributed by atoms with Gasteiger partial charge in [-0.15, -0.1) is 0 Å². The zero-order valence-electron chi connectivity index (χ0n) is 5.73. The summed E-state index contributed by atoms with van der Waals surface area (Å²) in [5.41, 5.74) is -1.45. The van der Waals surface area contributed by atoms with Crippen LogP contribution in [0.5, 0.6) is 0 Å². The molecule has 58 valence electrons. The first-order valence-electron chi connectivity index (χ1n) is 2.62. The van der Waals surface area contributed by atoms with Gasteiger partial charge in [0.05, 0.1) is 0 Å². The molecule has 0 aliphatic heterocycles. The lowest BCUT2D eigenvalue weighted by Crippen LogP contribution is -2.38. The molecule has 0 aromatic heterocycles. The summed E-state index contributed by atoms with van der Waals surface area (Å²) in [5, 5.41) is 19.9. The maximum atomic E-state index is 10.1. The molecule has 6 nitrogen and oxygen atoms in total. The molecule has 0 rings (SSSR count). The Morgan fingerprint density at radius 2 is 1.70 bits per heavy atom. The Bertz CT molecular complexity index is 165. The van der Waals surface area contributed by atoms with Crippen LogP contribution in [0.3, 0.4) is 0 Å². The van der Waals surface area contributed by atoms with Crippen molar-refractivity contribution in [2.45, 2.75) is 19.4 Å². The molecule has 0 aromatic carbocycles. The second-order valence-corrected chi connectivity index (χ2v) is 2.56. The zero-order chi connectivity index (χ0) is 8.36. The lowest BCUT2D eigenvalue weighted by molar-refractivity contribution is -0.618. The van der Waals surface area contributed by atoms with E-state index in [0.717, 1.165) is 0 Å². The topological polar surface area (TPSA) is 86.3 Å². The summed E-state index contributed by atoms with van der Waals surface area (Å²) in [6.07, 6.45) is 0. The van der Waals surface area contributed by atoms with E-state index < -0.39 is 21.9 Å². The summed E-state index contributed by atoms with van der Waals surface area (Å²) < 4.78 is 0. The molecule has 6 heteroatoms. The highest BCUT2D eigenvalue weighted by Gasteiger charge is 2.36. The van der Waals surface area contributed by atoms with E-state index in [1.165, 1.54) is 13.8 Å². The summed E-state index contributed by atoms with van der Waals surface area (Å²) in [6, 6.07) is 0. The van der Waals surface area contributed by atoms with Crippen molar-refractivity contribution >= 4 is 0 Å². The van der Waals surface area contributed by atoms with Crippen LogP contribution in [0.2, 0.25) is 0 Å². The lowest BCUT2D eigenvalue weighted by Gasteiger charge is -2.08. The van der Waals surface area contributed by atoms with Gasteiger partial charge in [-0.3, -0.25) is 20.2 Å². The Morgan fingerprint density at radius 1 is 1.30 bits per heavy atom. The quantitative estimate of drug-likeness (QED) is 0.426. The third-order valence-electron chi connectivity index (χ3n) is 1.01. The van der Waals surface area contributed by atoms with Crippen LogP contribution in [0, 0.1) is 20.2 Å². The minimum absolute atomic E-state index is 0.639. The molecule has 10 heavy (non-hydrogen) atoms. The fraction of sp³-hybridized carbons (Fsp3) is 1.00. The van der Waals surface area contributed by atoms with Gasteiger partial charge in [0.15, 0.2) is 0 Å². The van der Waals surface area contributed by atoms with Crippen LogP contribution in [0.15, 0.2) is 0 Å². The Hall–Kier alpha value is -1.20. The molecule has 0 atom stereocenters.